The van der Waals surface area contributed by atoms with E-state index in [4.69, 9.17) is 11.6 Å². The molecule has 2 aromatic rings. The first-order chi connectivity index (χ1) is 11.4. The number of carbonyl (C=O) groups excluding carboxylic acids is 2. The van der Waals surface area contributed by atoms with Crippen molar-refractivity contribution >= 4 is 34.8 Å². The molecule has 0 aromatic heterocycles. The maximum absolute atomic E-state index is 12.7. The Morgan fingerprint density at radius 3 is 2.21 bits per heavy atom. The molecule has 124 valence electrons. The monoisotopic (exact) mass is 342 g/mol. The molecule has 0 bridgehead atoms. The van der Waals surface area contributed by atoms with Crippen molar-refractivity contribution in [2.75, 3.05) is 10.2 Å². The minimum atomic E-state index is -0.548. The van der Waals surface area contributed by atoms with Gasteiger partial charge in [-0.1, -0.05) is 29.3 Å². The van der Waals surface area contributed by atoms with Gasteiger partial charge in [-0.3, -0.25) is 9.59 Å². The van der Waals surface area contributed by atoms with Gasteiger partial charge in [-0.2, -0.15) is 0 Å². The lowest BCUT2D eigenvalue weighted by Crippen LogP contribution is -2.35. The van der Waals surface area contributed by atoms with Crippen LogP contribution >= 0.6 is 11.6 Å². The number of benzene rings is 2. The van der Waals surface area contributed by atoms with Gasteiger partial charge in [0.2, 0.25) is 5.91 Å². The van der Waals surface area contributed by atoms with Gasteiger partial charge in [0.05, 0.1) is 12.1 Å². The van der Waals surface area contributed by atoms with Gasteiger partial charge in [-0.15, -0.1) is 0 Å². The van der Waals surface area contributed by atoms with Gasteiger partial charge < -0.3 is 5.32 Å². The molecule has 0 spiro atoms. The van der Waals surface area contributed by atoms with Gasteiger partial charge >= 0.3 is 0 Å². The minimum Gasteiger partial charge on any atom is -0.373 e. The summed E-state index contributed by atoms with van der Waals surface area (Å²) in [6.45, 7) is 6.04. The smallest absolute Gasteiger partial charge is 0.256 e. The second kappa shape index (κ2) is 6.29. The molecular formula is C19H19ClN2O2. The van der Waals surface area contributed by atoms with Crippen LogP contribution in [0.5, 0.6) is 0 Å². The van der Waals surface area contributed by atoms with E-state index in [1.807, 2.05) is 20.8 Å². The molecule has 0 aliphatic carbocycles. The average Bonchev–Trinajstić information content (AvgIpc) is 2.78. The van der Waals surface area contributed by atoms with Crippen molar-refractivity contribution in [1.29, 1.82) is 0 Å². The zero-order chi connectivity index (χ0) is 17.4. The SMILES string of the molecule is Cc1cc(C)c(N[C@H]2CC(=O)N(c3ccc(Cl)cc3)C2=O)c(C)c1. The molecule has 1 aliphatic heterocycles. The molecular weight excluding hydrogens is 324 g/mol. The summed E-state index contributed by atoms with van der Waals surface area (Å²) >= 11 is 5.87. The molecule has 5 heteroatoms. The van der Waals surface area contributed by atoms with E-state index in [0.717, 1.165) is 16.8 Å². The number of aryl methyl sites for hydroxylation is 3. The van der Waals surface area contributed by atoms with Gasteiger partial charge in [0.1, 0.15) is 6.04 Å². The second-order valence-corrected chi connectivity index (χ2v) is 6.66. The average molecular weight is 343 g/mol. The topological polar surface area (TPSA) is 49.4 Å². The number of nitrogens with one attached hydrogen (secondary N) is 1. The highest BCUT2D eigenvalue weighted by Crippen LogP contribution is 2.28. The summed E-state index contributed by atoms with van der Waals surface area (Å²) in [5.41, 5.74) is 4.78. The third kappa shape index (κ3) is 3.02. The van der Waals surface area contributed by atoms with E-state index in [0.29, 0.717) is 10.7 Å². The molecule has 1 atom stereocenters. The Hall–Kier alpha value is -2.33. The van der Waals surface area contributed by atoms with Crippen LogP contribution in [-0.2, 0) is 9.59 Å². The number of halogens is 1. The van der Waals surface area contributed by atoms with Crippen LogP contribution in [-0.4, -0.2) is 17.9 Å². The molecule has 1 heterocycles. The standard InChI is InChI=1S/C19H19ClN2O2/c1-11-8-12(2)18(13(3)9-11)21-16-10-17(23)22(19(16)24)15-6-4-14(20)5-7-15/h4-9,16,21H,10H2,1-3H3/t16-/m0/s1. The Morgan fingerprint density at radius 1 is 1.04 bits per heavy atom. The lowest BCUT2D eigenvalue weighted by molar-refractivity contribution is -0.121. The van der Waals surface area contributed by atoms with E-state index in [-0.39, 0.29) is 18.2 Å². The molecule has 1 N–H and O–H groups in total. The van der Waals surface area contributed by atoms with E-state index in [1.54, 1.807) is 24.3 Å². The highest BCUT2D eigenvalue weighted by Gasteiger charge is 2.39. The molecule has 2 aromatic carbocycles. The molecule has 0 radical (unpaired) electrons. The number of carbonyl (C=O) groups is 2. The van der Waals surface area contributed by atoms with Crippen molar-refractivity contribution in [3.8, 4) is 0 Å². The molecule has 1 fully saturated rings. The van der Waals surface area contributed by atoms with E-state index < -0.39 is 6.04 Å². The van der Waals surface area contributed by atoms with Gasteiger partial charge in [-0.25, -0.2) is 4.90 Å². The second-order valence-electron chi connectivity index (χ2n) is 6.22. The normalized spacial score (nSPS) is 17.5. The Kier molecular flexibility index (Phi) is 4.33. The zero-order valence-corrected chi connectivity index (χ0v) is 14.6. The third-order valence-electron chi connectivity index (χ3n) is 4.23. The fraction of sp³-hybridized carbons (Fsp3) is 0.263. The number of amides is 2. The van der Waals surface area contributed by atoms with Crippen LogP contribution in [0.3, 0.4) is 0 Å². The van der Waals surface area contributed by atoms with E-state index in [2.05, 4.69) is 17.4 Å². The first-order valence-corrected chi connectivity index (χ1v) is 8.21. The molecule has 24 heavy (non-hydrogen) atoms. The van der Waals surface area contributed by atoms with Crippen molar-refractivity contribution in [2.24, 2.45) is 0 Å². The Morgan fingerprint density at radius 2 is 1.62 bits per heavy atom. The number of hydrogen-bond donors (Lipinski definition) is 1. The summed E-state index contributed by atoms with van der Waals surface area (Å²) in [5, 5.41) is 3.83. The summed E-state index contributed by atoms with van der Waals surface area (Å²) in [4.78, 5) is 26.3. The number of rotatable bonds is 3. The van der Waals surface area contributed by atoms with Crippen LogP contribution in [0.25, 0.3) is 0 Å². The maximum atomic E-state index is 12.7. The molecule has 2 amide bonds. The summed E-state index contributed by atoms with van der Waals surface area (Å²) < 4.78 is 0. The van der Waals surface area contributed by atoms with Crippen molar-refractivity contribution in [3.63, 3.8) is 0 Å². The number of imide groups is 1. The highest BCUT2D eigenvalue weighted by molar-refractivity contribution is 6.30. The maximum Gasteiger partial charge on any atom is 0.256 e. The third-order valence-corrected chi connectivity index (χ3v) is 4.48. The number of anilines is 2. The van der Waals surface area contributed by atoms with Crippen molar-refractivity contribution < 1.29 is 9.59 Å². The Balaban J connectivity index is 1.86. The first kappa shape index (κ1) is 16.5. The summed E-state index contributed by atoms with van der Waals surface area (Å²) in [6.07, 6.45) is 0.147. The van der Waals surface area contributed by atoms with Crippen molar-refractivity contribution in [3.05, 3.63) is 58.1 Å². The van der Waals surface area contributed by atoms with Crippen LogP contribution in [0.1, 0.15) is 23.1 Å². The lowest BCUT2D eigenvalue weighted by atomic mass is 10.0. The molecule has 0 saturated carbocycles. The minimum absolute atomic E-state index is 0.147. The highest BCUT2D eigenvalue weighted by atomic mass is 35.5. The predicted octanol–water partition coefficient (Wildman–Crippen LogP) is 4.01. The van der Waals surface area contributed by atoms with Crippen LogP contribution in [0.4, 0.5) is 11.4 Å². The lowest BCUT2D eigenvalue weighted by Gasteiger charge is -2.19. The fourth-order valence-electron chi connectivity index (χ4n) is 3.19. The van der Waals surface area contributed by atoms with Crippen molar-refractivity contribution in [2.45, 2.75) is 33.2 Å². The Bertz CT molecular complexity index is 792. The summed E-state index contributed by atoms with van der Waals surface area (Å²) in [5.74, 6) is -0.441. The van der Waals surface area contributed by atoms with Gasteiger partial charge in [0, 0.05) is 10.7 Å². The summed E-state index contributed by atoms with van der Waals surface area (Å²) in [7, 11) is 0. The van der Waals surface area contributed by atoms with Crippen LogP contribution in [0.2, 0.25) is 5.02 Å². The molecule has 3 rings (SSSR count). The zero-order valence-electron chi connectivity index (χ0n) is 13.9. The molecule has 4 nitrogen and oxygen atoms in total. The predicted molar refractivity (Wildman–Crippen MR) is 96.6 cm³/mol. The largest absolute Gasteiger partial charge is 0.373 e. The van der Waals surface area contributed by atoms with Gasteiger partial charge in [0.25, 0.3) is 5.91 Å². The van der Waals surface area contributed by atoms with E-state index in [1.165, 1.54) is 10.5 Å². The van der Waals surface area contributed by atoms with Crippen LogP contribution in [0.15, 0.2) is 36.4 Å². The molecule has 1 saturated heterocycles. The number of nitrogens with zero attached hydrogens (tertiary/aromatic N) is 1. The van der Waals surface area contributed by atoms with Crippen LogP contribution < -0.4 is 10.2 Å². The van der Waals surface area contributed by atoms with E-state index in [9.17, 15) is 9.59 Å². The molecule has 0 unspecified atom stereocenters. The molecule has 1 aliphatic rings. The first-order valence-electron chi connectivity index (χ1n) is 7.83. The quantitative estimate of drug-likeness (QED) is 0.857. The fourth-order valence-corrected chi connectivity index (χ4v) is 3.31. The van der Waals surface area contributed by atoms with Gasteiger partial charge in [-0.05, 0) is 56.2 Å². The Labute approximate surface area is 146 Å². The number of hydrogen-bond acceptors (Lipinski definition) is 3. The van der Waals surface area contributed by atoms with Gasteiger partial charge in [0.15, 0.2) is 0 Å². The van der Waals surface area contributed by atoms with Crippen molar-refractivity contribution in [1.82, 2.24) is 0 Å². The summed E-state index contributed by atoms with van der Waals surface area (Å²) in [6, 6.07) is 10.3. The van der Waals surface area contributed by atoms with Crippen LogP contribution in [0, 0.1) is 20.8 Å². The van der Waals surface area contributed by atoms with E-state index >= 15 is 0 Å².